The van der Waals surface area contributed by atoms with E-state index in [1.165, 1.54) is 0 Å². The highest BCUT2D eigenvalue weighted by Crippen LogP contribution is 2.21. The molecule has 6 nitrogen and oxygen atoms in total. The Morgan fingerprint density at radius 3 is 2.79 bits per heavy atom. The summed E-state index contributed by atoms with van der Waals surface area (Å²) < 4.78 is 5.59. The highest BCUT2D eigenvalue weighted by molar-refractivity contribution is 5.78. The minimum absolute atomic E-state index is 0.500. The number of hydrogen-bond donors (Lipinski definition) is 1. The van der Waals surface area contributed by atoms with Gasteiger partial charge < -0.3 is 9.73 Å². The van der Waals surface area contributed by atoms with Crippen LogP contribution in [0, 0.1) is 0 Å². The van der Waals surface area contributed by atoms with Crippen LogP contribution in [0.5, 0.6) is 0 Å². The van der Waals surface area contributed by atoms with Crippen LogP contribution in [-0.2, 0) is 6.54 Å². The lowest BCUT2D eigenvalue weighted by Crippen LogP contribution is -2.11. The summed E-state index contributed by atoms with van der Waals surface area (Å²) in [4.78, 5) is 8.48. The Morgan fingerprint density at radius 1 is 1.11 bits per heavy atom. The van der Waals surface area contributed by atoms with E-state index in [1.54, 1.807) is 12.4 Å². The van der Waals surface area contributed by atoms with Crippen LogP contribution < -0.4 is 5.32 Å². The second-order valence-corrected chi connectivity index (χ2v) is 4.04. The lowest BCUT2D eigenvalue weighted by atomic mass is 10.2. The van der Waals surface area contributed by atoms with Crippen molar-refractivity contribution >= 4 is 11.0 Å². The van der Waals surface area contributed by atoms with Crippen LogP contribution in [0.4, 0.5) is 0 Å². The first-order valence-electron chi connectivity index (χ1n) is 6.11. The molecule has 1 N–H and O–H groups in total. The van der Waals surface area contributed by atoms with E-state index in [1.807, 2.05) is 25.1 Å². The topological polar surface area (TPSA) is 76.7 Å². The molecular formula is C13H13N5O. The van der Waals surface area contributed by atoms with E-state index >= 15 is 0 Å². The molecule has 0 radical (unpaired) electrons. The summed E-state index contributed by atoms with van der Waals surface area (Å²) in [6.07, 6.45) is 3.33. The van der Waals surface area contributed by atoms with Crippen LogP contribution in [0.3, 0.4) is 0 Å². The molecule has 6 heteroatoms. The molecule has 0 bridgehead atoms. The number of benzene rings is 1. The second-order valence-electron chi connectivity index (χ2n) is 4.04. The zero-order chi connectivity index (χ0) is 13.1. The molecule has 2 aromatic heterocycles. The van der Waals surface area contributed by atoms with Gasteiger partial charge in [-0.05, 0) is 24.7 Å². The molecule has 0 aliphatic heterocycles. The summed E-state index contributed by atoms with van der Waals surface area (Å²) >= 11 is 0. The fraction of sp³-hybridized carbons (Fsp3) is 0.231. The van der Waals surface area contributed by atoms with E-state index in [2.05, 4.69) is 25.5 Å². The molecule has 1 aromatic carbocycles. The molecule has 3 rings (SSSR count). The average molecular weight is 255 g/mol. The highest BCUT2D eigenvalue weighted by Gasteiger charge is 2.09. The van der Waals surface area contributed by atoms with Gasteiger partial charge >= 0.3 is 0 Å². The second kappa shape index (κ2) is 5.11. The normalized spacial score (nSPS) is 11.0. The molecule has 0 aliphatic carbocycles. The van der Waals surface area contributed by atoms with Crippen molar-refractivity contribution in [2.24, 2.45) is 0 Å². The predicted molar refractivity (Wildman–Crippen MR) is 70.2 cm³/mol. The number of aromatic nitrogens is 4. The van der Waals surface area contributed by atoms with Crippen molar-refractivity contribution in [1.82, 2.24) is 25.5 Å². The predicted octanol–water partition coefficient (Wildman–Crippen LogP) is 1.79. The molecule has 0 saturated heterocycles. The van der Waals surface area contributed by atoms with Gasteiger partial charge in [-0.25, -0.2) is 0 Å². The van der Waals surface area contributed by atoms with Gasteiger partial charge in [0.1, 0.15) is 0 Å². The van der Waals surface area contributed by atoms with Gasteiger partial charge in [-0.2, -0.15) is 0 Å². The molecule has 0 aliphatic rings. The Hall–Kier alpha value is -2.34. The van der Waals surface area contributed by atoms with E-state index in [-0.39, 0.29) is 0 Å². The molecule has 0 spiro atoms. The van der Waals surface area contributed by atoms with E-state index < -0.39 is 0 Å². The third-order valence-electron chi connectivity index (χ3n) is 2.71. The van der Waals surface area contributed by atoms with Crippen LogP contribution in [0.1, 0.15) is 12.8 Å². The monoisotopic (exact) mass is 255 g/mol. The number of hydrogen-bond acceptors (Lipinski definition) is 6. The quantitative estimate of drug-likeness (QED) is 0.765. The minimum Gasteiger partial charge on any atom is -0.419 e. The molecule has 19 heavy (non-hydrogen) atoms. The Labute approximate surface area is 109 Å². The number of rotatable bonds is 4. The molecule has 0 fully saturated rings. The zero-order valence-electron chi connectivity index (χ0n) is 10.5. The summed E-state index contributed by atoms with van der Waals surface area (Å²) in [5, 5.41) is 11.2. The molecule has 0 unspecified atom stereocenters. The Kier molecular flexibility index (Phi) is 3.16. The van der Waals surface area contributed by atoms with E-state index in [9.17, 15) is 0 Å². The van der Waals surface area contributed by atoms with Gasteiger partial charge in [0.05, 0.1) is 17.6 Å². The third kappa shape index (κ3) is 2.43. The van der Waals surface area contributed by atoms with Gasteiger partial charge in [0.25, 0.3) is 0 Å². The number of nitrogens with one attached hydrogen (secondary N) is 1. The van der Waals surface area contributed by atoms with Gasteiger partial charge in [-0.1, -0.05) is 6.92 Å². The highest BCUT2D eigenvalue weighted by atomic mass is 16.4. The Bertz CT molecular complexity index is 694. The number of fused-ring (bicyclic) bond motifs is 1. The van der Waals surface area contributed by atoms with Crippen LogP contribution >= 0.6 is 0 Å². The van der Waals surface area contributed by atoms with Crippen molar-refractivity contribution in [2.45, 2.75) is 13.5 Å². The maximum absolute atomic E-state index is 5.59. The van der Waals surface area contributed by atoms with Crippen molar-refractivity contribution in [3.63, 3.8) is 0 Å². The summed E-state index contributed by atoms with van der Waals surface area (Å²) in [5.41, 5.74) is 2.51. The van der Waals surface area contributed by atoms with Gasteiger partial charge in [0, 0.05) is 18.0 Å². The molecule has 0 amide bonds. The van der Waals surface area contributed by atoms with Crippen LogP contribution in [0.25, 0.3) is 22.5 Å². The third-order valence-corrected chi connectivity index (χ3v) is 2.71. The average Bonchev–Trinajstić information content (AvgIpc) is 2.93. The first-order valence-corrected chi connectivity index (χ1v) is 6.11. The minimum atomic E-state index is 0.500. The number of nitrogens with zero attached hydrogens (tertiary/aromatic N) is 4. The first kappa shape index (κ1) is 11.7. The largest absolute Gasteiger partial charge is 0.419 e. The lowest BCUT2D eigenvalue weighted by Gasteiger charge is -1.98. The van der Waals surface area contributed by atoms with Crippen molar-refractivity contribution < 1.29 is 4.42 Å². The fourth-order valence-electron chi connectivity index (χ4n) is 1.77. The van der Waals surface area contributed by atoms with E-state index in [0.717, 1.165) is 23.1 Å². The van der Waals surface area contributed by atoms with Crippen molar-refractivity contribution in [2.75, 3.05) is 6.54 Å². The molecule has 3 aromatic rings. The maximum Gasteiger partial charge on any atom is 0.247 e. The SMILES string of the molecule is CCNCc1nnc(-c2ccc3nccnc3c2)o1. The lowest BCUT2D eigenvalue weighted by molar-refractivity contribution is 0.482. The van der Waals surface area contributed by atoms with Crippen molar-refractivity contribution in [1.29, 1.82) is 0 Å². The van der Waals surface area contributed by atoms with Gasteiger partial charge in [-0.15, -0.1) is 10.2 Å². The van der Waals surface area contributed by atoms with Gasteiger partial charge in [-0.3, -0.25) is 9.97 Å². The summed E-state index contributed by atoms with van der Waals surface area (Å²) in [6.45, 7) is 3.47. The summed E-state index contributed by atoms with van der Waals surface area (Å²) in [6, 6.07) is 5.69. The Balaban J connectivity index is 1.92. The van der Waals surface area contributed by atoms with Crippen LogP contribution in [0.2, 0.25) is 0 Å². The fourth-order valence-corrected chi connectivity index (χ4v) is 1.77. The summed E-state index contributed by atoms with van der Waals surface area (Å²) in [7, 11) is 0. The molecule has 96 valence electrons. The summed E-state index contributed by atoms with van der Waals surface area (Å²) in [5.74, 6) is 1.08. The van der Waals surface area contributed by atoms with Crippen molar-refractivity contribution in [3.8, 4) is 11.5 Å². The van der Waals surface area contributed by atoms with Crippen molar-refractivity contribution in [3.05, 3.63) is 36.5 Å². The molecule has 0 atom stereocenters. The van der Waals surface area contributed by atoms with E-state index in [0.29, 0.717) is 18.3 Å². The molecule has 0 saturated carbocycles. The van der Waals surface area contributed by atoms with Gasteiger partial charge in [0.15, 0.2) is 0 Å². The Morgan fingerprint density at radius 2 is 1.95 bits per heavy atom. The standard InChI is InChI=1S/C13H13N5O/c1-2-14-8-12-17-18-13(19-12)9-3-4-10-11(7-9)16-6-5-15-10/h3-7,14H,2,8H2,1H3. The van der Waals surface area contributed by atoms with Gasteiger partial charge in [0.2, 0.25) is 11.8 Å². The van der Waals surface area contributed by atoms with E-state index in [4.69, 9.17) is 4.42 Å². The van der Waals surface area contributed by atoms with Crippen LogP contribution in [0.15, 0.2) is 35.0 Å². The molecular weight excluding hydrogens is 242 g/mol. The van der Waals surface area contributed by atoms with Crippen LogP contribution in [-0.4, -0.2) is 26.7 Å². The molecule has 2 heterocycles. The zero-order valence-corrected chi connectivity index (χ0v) is 10.5. The first-order chi connectivity index (χ1) is 9.36. The maximum atomic E-state index is 5.59. The smallest absolute Gasteiger partial charge is 0.247 e.